The Bertz CT molecular complexity index is 276. The summed E-state index contributed by atoms with van der Waals surface area (Å²) in [6.45, 7) is 9.47. The van der Waals surface area contributed by atoms with Crippen molar-refractivity contribution in [3.05, 3.63) is 0 Å². The van der Waals surface area contributed by atoms with Crippen molar-refractivity contribution in [1.82, 2.24) is 5.32 Å². The van der Waals surface area contributed by atoms with Crippen molar-refractivity contribution in [1.29, 1.82) is 0 Å². The monoisotopic (exact) mass is 255 g/mol. The molecule has 18 heavy (non-hydrogen) atoms. The molecule has 2 atom stereocenters. The van der Waals surface area contributed by atoms with Crippen LogP contribution in [0.5, 0.6) is 0 Å². The summed E-state index contributed by atoms with van der Waals surface area (Å²) in [6.07, 6.45) is 6.42. The zero-order valence-electron chi connectivity index (χ0n) is 12.6. The average molecular weight is 255 g/mol. The van der Waals surface area contributed by atoms with Crippen LogP contribution in [0.4, 0.5) is 0 Å². The van der Waals surface area contributed by atoms with Crippen LogP contribution in [0.25, 0.3) is 0 Å². The van der Waals surface area contributed by atoms with Crippen LogP contribution in [0.15, 0.2) is 0 Å². The first-order valence-electron chi connectivity index (χ1n) is 7.18. The molecule has 0 aliphatic carbocycles. The summed E-state index contributed by atoms with van der Waals surface area (Å²) in [5.41, 5.74) is -0.336. The van der Waals surface area contributed by atoms with Gasteiger partial charge in [0.1, 0.15) is 0 Å². The van der Waals surface area contributed by atoms with Crippen molar-refractivity contribution in [2.45, 2.75) is 79.2 Å². The first-order chi connectivity index (χ1) is 8.37. The number of hydrogen-bond acceptors (Lipinski definition) is 2. The highest BCUT2D eigenvalue weighted by molar-refractivity contribution is 5.89. The van der Waals surface area contributed by atoms with Crippen LogP contribution < -0.4 is 5.32 Å². The van der Waals surface area contributed by atoms with Crippen molar-refractivity contribution >= 4 is 11.7 Å². The topological polar surface area (TPSA) is 46.2 Å². The van der Waals surface area contributed by atoms with Gasteiger partial charge in [-0.1, -0.05) is 46.5 Å². The van der Waals surface area contributed by atoms with Gasteiger partial charge in [0, 0.05) is 5.41 Å². The van der Waals surface area contributed by atoms with E-state index in [4.69, 9.17) is 0 Å². The maximum absolute atomic E-state index is 12.2. The van der Waals surface area contributed by atoms with Crippen LogP contribution in [0.3, 0.4) is 0 Å². The van der Waals surface area contributed by atoms with Crippen LogP contribution in [0, 0.1) is 5.41 Å². The molecule has 0 radical (unpaired) electrons. The standard InChI is InChI=1S/C15H29NO2/c1-6-8-9-10-11-15(5,7-2)14(18)16-12(3)13(4)17/h12H,6-11H2,1-5H3,(H,16,18)/t12-,15?/m0/s1. The second kappa shape index (κ2) is 8.28. The summed E-state index contributed by atoms with van der Waals surface area (Å²) in [5.74, 6) is 0.0250. The van der Waals surface area contributed by atoms with Gasteiger partial charge in [0.25, 0.3) is 0 Å². The SMILES string of the molecule is CCCCCCC(C)(CC)C(=O)N[C@@H](C)C(C)=O. The molecule has 1 N–H and O–H groups in total. The Morgan fingerprint density at radius 2 is 1.78 bits per heavy atom. The fourth-order valence-corrected chi connectivity index (χ4v) is 1.87. The van der Waals surface area contributed by atoms with E-state index in [2.05, 4.69) is 12.2 Å². The summed E-state index contributed by atoms with van der Waals surface area (Å²) in [4.78, 5) is 23.4. The van der Waals surface area contributed by atoms with Gasteiger partial charge < -0.3 is 5.32 Å². The van der Waals surface area contributed by atoms with E-state index in [9.17, 15) is 9.59 Å². The molecule has 3 nitrogen and oxygen atoms in total. The van der Waals surface area contributed by atoms with E-state index in [1.807, 2.05) is 13.8 Å². The highest BCUT2D eigenvalue weighted by Crippen LogP contribution is 2.29. The molecular weight excluding hydrogens is 226 g/mol. The van der Waals surface area contributed by atoms with E-state index in [0.717, 1.165) is 19.3 Å². The smallest absolute Gasteiger partial charge is 0.226 e. The van der Waals surface area contributed by atoms with Crippen LogP contribution in [-0.4, -0.2) is 17.7 Å². The number of amides is 1. The third kappa shape index (κ3) is 5.65. The van der Waals surface area contributed by atoms with E-state index in [1.54, 1.807) is 6.92 Å². The van der Waals surface area contributed by atoms with Gasteiger partial charge in [0.05, 0.1) is 6.04 Å². The second-order valence-corrected chi connectivity index (χ2v) is 5.53. The molecule has 106 valence electrons. The lowest BCUT2D eigenvalue weighted by Crippen LogP contribution is -2.45. The van der Waals surface area contributed by atoms with Crippen LogP contribution >= 0.6 is 0 Å². The summed E-state index contributed by atoms with van der Waals surface area (Å²) >= 11 is 0. The van der Waals surface area contributed by atoms with E-state index in [1.165, 1.54) is 26.2 Å². The second-order valence-electron chi connectivity index (χ2n) is 5.53. The largest absolute Gasteiger partial charge is 0.346 e. The Kier molecular flexibility index (Phi) is 7.88. The third-order valence-corrected chi connectivity index (χ3v) is 3.87. The fraction of sp³-hybridized carbons (Fsp3) is 0.867. The van der Waals surface area contributed by atoms with Gasteiger partial charge in [0.2, 0.25) is 5.91 Å². The van der Waals surface area contributed by atoms with Gasteiger partial charge in [-0.25, -0.2) is 0 Å². The van der Waals surface area contributed by atoms with Crippen LogP contribution in [-0.2, 0) is 9.59 Å². The van der Waals surface area contributed by atoms with Gasteiger partial charge >= 0.3 is 0 Å². The highest BCUT2D eigenvalue weighted by Gasteiger charge is 2.31. The quantitative estimate of drug-likeness (QED) is 0.641. The molecule has 0 bridgehead atoms. The minimum Gasteiger partial charge on any atom is -0.346 e. The fourth-order valence-electron chi connectivity index (χ4n) is 1.87. The van der Waals surface area contributed by atoms with Gasteiger partial charge in [-0.3, -0.25) is 9.59 Å². The highest BCUT2D eigenvalue weighted by atomic mass is 16.2. The third-order valence-electron chi connectivity index (χ3n) is 3.87. The number of hydrogen-bond donors (Lipinski definition) is 1. The maximum atomic E-state index is 12.2. The number of carbonyl (C=O) groups is 2. The Labute approximate surface area is 112 Å². The normalized spacial score (nSPS) is 15.8. The van der Waals surface area contributed by atoms with Gasteiger partial charge in [-0.2, -0.15) is 0 Å². The van der Waals surface area contributed by atoms with E-state index < -0.39 is 0 Å². The molecule has 0 fully saturated rings. The molecule has 0 aromatic rings. The van der Waals surface area contributed by atoms with Gasteiger partial charge in [-0.15, -0.1) is 0 Å². The van der Waals surface area contributed by atoms with Crippen molar-refractivity contribution in [2.75, 3.05) is 0 Å². The molecule has 1 amide bonds. The molecule has 0 spiro atoms. The van der Waals surface area contributed by atoms with Crippen molar-refractivity contribution in [2.24, 2.45) is 5.41 Å². The number of unbranched alkanes of at least 4 members (excludes halogenated alkanes) is 3. The average Bonchev–Trinajstić information content (AvgIpc) is 2.34. The Hall–Kier alpha value is -0.860. The first kappa shape index (κ1) is 17.1. The molecule has 0 rings (SSSR count). The minimum atomic E-state index is -0.376. The lowest BCUT2D eigenvalue weighted by atomic mass is 9.81. The summed E-state index contributed by atoms with van der Waals surface area (Å²) in [5, 5.41) is 2.82. The van der Waals surface area contributed by atoms with Crippen LogP contribution in [0.2, 0.25) is 0 Å². The number of nitrogens with one attached hydrogen (secondary N) is 1. The van der Waals surface area contributed by atoms with Crippen molar-refractivity contribution in [3.63, 3.8) is 0 Å². The molecule has 0 saturated carbocycles. The maximum Gasteiger partial charge on any atom is 0.226 e. The first-order valence-corrected chi connectivity index (χ1v) is 7.18. The van der Waals surface area contributed by atoms with Gasteiger partial charge in [0.15, 0.2) is 5.78 Å². The predicted octanol–water partition coefficient (Wildman–Crippen LogP) is 3.47. The van der Waals surface area contributed by atoms with Crippen molar-refractivity contribution < 1.29 is 9.59 Å². The number of ketones is 1. The Morgan fingerprint density at radius 3 is 2.22 bits per heavy atom. The molecular formula is C15H29NO2. The van der Waals surface area contributed by atoms with E-state index >= 15 is 0 Å². The van der Waals surface area contributed by atoms with E-state index in [0.29, 0.717) is 0 Å². The van der Waals surface area contributed by atoms with Crippen molar-refractivity contribution in [3.8, 4) is 0 Å². The summed E-state index contributed by atoms with van der Waals surface area (Å²) in [7, 11) is 0. The number of Topliss-reactive ketones (excluding diaryl/α,β-unsaturated/α-hetero) is 1. The Morgan fingerprint density at radius 1 is 1.17 bits per heavy atom. The lowest BCUT2D eigenvalue weighted by Gasteiger charge is -2.28. The molecule has 0 aliphatic heterocycles. The van der Waals surface area contributed by atoms with Crippen LogP contribution in [0.1, 0.15) is 73.1 Å². The summed E-state index contributed by atoms with van der Waals surface area (Å²) in [6, 6.07) is -0.376. The Balaban J connectivity index is 4.34. The molecule has 1 unspecified atom stereocenters. The number of carbonyl (C=O) groups excluding carboxylic acids is 2. The van der Waals surface area contributed by atoms with E-state index in [-0.39, 0.29) is 23.1 Å². The predicted molar refractivity (Wildman–Crippen MR) is 75.4 cm³/mol. The molecule has 0 aromatic carbocycles. The zero-order chi connectivity index (χ0) is 14.2. The molecule has 0 saturated heterocycles. The molecule has 0 heterocycles. The lowest BCUT2D eigenvalue weighted by molar-refractivity contribution is -0.134. The molecule has 0 aromatic heterocycles. The minimum absolute atomic E-state index is 0.00721. The molecule has 0 aliphatic rings. The summed E-state index contributed by atoms with van der Waals surface area (Å²) < 4.78 is 0. The zero-order valence-corrected chi connectivity index (χ0v) is 12.6. The molecule has 3 heteroatoms. The number of rotatable bonds is 9. The van der Waals surface area contributed by atoms with Gasteiger partial charge in [-0.05, 0) is 26.7 Å².